The third-order valence-corrected chi connectivity index (χ3v) is 4.62. The predicted molar refractivity (Wildman–Crippen MR) is 101 cm³/mol. The van der Waals surface area contributed by atoms with E-state index in [1.54, 1.807) is 12.1 Å². The first-order valence-electron chi connectivity index (χ1n) is 8.34. The molecule has 0 atom stereocenters. The number of rotatable bonds is 8. The Morgan fingerprint density at radius 1 is 0.917 bits per heavy atom. The second kappa shape index (κ2) is 8.34. The minimum atomic E-state index is -0.220. The molecule has 0 saturated heterocycles. The Morgan fingerprint density at radius 2 is 1.71 bits per heavy atom. The van der Waals surface area contributed by atoms with E-state index in [0.717, 1.165) is 40.7 Å². The molecule has 1 heterocycles. The van der Waals surface area contributed by atoms with Crippen molar-refractivity contribution >= 4 is 26.8 Å². The highest BCUT2D eigenvalue weighted by Gasteiger charge is 2.05. The van der Waals surface area contributed by atoms with Gasteiger partial charge in [-0.05, 0) is 61.4 Å². The van der Waals surface area contributed by atoms with E-state index in [-0.39, 0.29) is 5.82 Å². The number of unbranched alkanes of at least 4 members (excludes halogenated alkanes) is 3. The van der Waals surface area contributed by atoms with Crippen molar-refractivity contribution in [2.75, 3.05) is 11.9 Å². The molecule has 0 aliphatic carbocycles. The van der Waals surface area contributed by atoms with Crippen LogP contribution in [0, 0.1) is 5.82 Å². The Labute approximate surface area is 150 Å². The molecule has 0 bridgehead atoms. The topological polar surface area (TPSA) is 14.2 Å². The largest absolute Gasteiger partial charge is 0.494 e. The van der Waals surface area contributed by atoms with Crippen molar-refractivity contribution < 1.29 is 9.13 Å². The molecule has 4 heteroatoms. The van der Waals surface area contributed by atoms with Crippen LogP contribution in [0.4, 0.5) is 4.39 Å². The Morgan fingerprint density at radius 3 is 2.50 bits per heavy atom. The van der Waals surface area contributed by atoms with Gasteiger partial charge in [0.1, 0.15) is 11.6 Å². The van der Waals surface area contributed by atoms with Gasteiger partial charge in [-0.15, -0.1) is 0 Å². The lowest BCUT2D eigenvalue weighted by molar-refractivity contribution is 0.305. The molecular formula is C20H21BrFNO. The van der Waals surface area contributed by atoms with E-state index in [0.29, 0.717) is 0 Å². The molecule has 3 rings (SSSR count). The van der Waals surface area contributed by atoms with E-state index in [4.69, 9.17) is 4.74 Å². The number of aromatic nitrogens is 1. The van der Waals surface area contributed by atoms with Gasteiger partial charge < -0.3 is 9.30 Å². The van der Waals surface area contributed by atoms with Crippen molar-refractivity contribution in [1.29, 1.82) is 0 Å². The SMILES string of the molecule is Fc1ccc(-n2ccc3cc(OCCCCCCBr)ccc32)cc1. The van der Waals surface area contributed by atoms with Crippen LogP contribution in [-0.2, 0) is 0 Å². The summed E-state index contributed by atoms with van der Waals surface area (Å²) in [6.07, 6.45) is 6.76. The average molecular weight is 390 g/mol. The second-order valence-corrected chi connectivity index (χ2v) is 6.63. The molecule has 3 aromatic rings. The molecule has 0 aliphatic rings. The van der Waals surface area contributed by atoms with E-state index in [1.165, 1.54) is 31.4 Å². The highest BCUT2D eigenvalue weighted by Crippen LogP contribution is 2.25. The van der Waals surface area contributed by atoms with Crippen molar-refractivity contribution in [3.63, 3.8) is 0 Å². The van der Waals surface area contributed by atoms with Crippen LogP contribution in [0.2, 0.25) is 0 Å². The fourth-order valence-corrected chi connectivity index (χ4v) is 3.17. The number of hydrogen-bond acceptors (Lipinski definition) is 1. The van der Waals surface area contributed by atoms with E-state index >= 15 is 0 Å². The molecule has 1 aromatic heterocycles. The summed E-state index contributed by atoms with van der Waals surface area (Å²) in [5, 5.41) is 2.20. The number of nitrogens with zero attached hydrogens (tertiary/aromatic N) is 1. The third-order valence-electron chi connectivity index (χ3n) is 4.06. The van der Waals surface area contributed by atoms with Gasteiger partial charge in [-0.25, -0.2) is 4.39 Å². The number of hydrogen-bond donors (Lipinski definition) is 0. The van der Waals surface area contributed by atoms with Crippen LogP contribution >= 0.6 is 15.9 Å². The van der Waals surface area contributed by atoms with Crippen LogP contribution in [0.3, 0.4) is 0 Å². The molecule has 0 amide bonds. The molecule has 0 fully saturated rings. The fraction of sp³-hybridized carbons (Fsp3) is 0.300. The van der Waals surface area contributed by atoms with Gasteiger partial charge in [0, 0.05) is 22.6 Å². The first kappa shape index (κ1) is 17.0. The summed E-state index contributed by atoms with van der Waals surface area (Å²) in [7, 11) is 0. The summed E-state index contributed by atoms with van der Waals surface area (Å²) in [6, 6.07) is 14.7. The van der Waals surface area contributed by atoms with Crippen LogP contribution in [0.25, 0.3) is 16.6 Å². The summed E-state index contributed by atoms with van der Waals surface area (Å²) in [6.45, 7) is 0.756. The third kappa shape index (κ3) is 4.18. The minimum absolute atomic E-state index is 0.220. The molecular weight excluding hydrogens is 369 g/mol. The molecule has 0 unspecified atom stereocenters. The zero-order valence-corrected chi connectivity index (χ0v) is 15.1. The summed E-state index contributed by atoms with van der Waals surface area (Å²) < 4.78 is 21.0. The van der Waals surface area contributed by atoms with Gasteiger partial charge >= 0.3 is 0 Å². The van der Waals surface area contributed by atoms with E-state index in [1.807, 2.05) is 12.3 Å². The molecule has 0 saturated carbocycles. The lowest BCUT2D eigenvalue weighted by Gasteiger charge is -2.08. The van der Waals surface area contributed by atoms with Crippen LogP contribution in [0.1, 0.15) is 25.7 Å². The Hall–Kier alpha value is -1.81. The molecule has 0 spiro atoms. The number of benzene rings is 2. The number of alkyl halides is 1. The van der Waals surface area contributed by atoms with E-state index in [9.17, 15) is 4.39 Å². The summed E-state index contributed by atoms with van der Waals surface area (Å²) >= 11 is 3.45. The van der Waals surface area contributed by atoms with E-state index in [2.05, 4.69) is 38.7 Å². The zero-order valence-electron chi connectivity index (χ0n) is 13.6. The van der Waals surface area contributed by atoms with Crippen molar-refractivity contribution in [2.24, 2.45) is 0 Å². The predicted octanol–water partition coefficient (Wildman–Crippen LogP) is 6.10. The maximum atomic E-state index is 13.1. The van der Waals surface area contributed by atoms with Gasteiger partial charge in [-0.3, -0.25) is 0 Å². The summed E-state index contributed by atoms with van der Waals surface area (Å²) in [4.78, 5) is 0. The van der Waals surface area contributed by atoms with Crippen LogP contribution in [0.15, 0.2) is 54.7 Å². The van der Waals surface area contributed by atoms with Crippen LogP contribution < -0.4 is 4.74 Å². The normalized spacial score (nSPS) is 11.1. The molecule has 2 nitrogen and oxygen atoms in total. The number of ether oxygens (including phenoxy) is 1. The highest BCUT2D eigenvalue weighted by molar-refractivity contribution is 9.09. The Bertz CT molecular complexity index is 782. The second-order valence-electron chi connectivity index (χ2n) is 5.83. The minimum Gasteiger partial charge on any atom is -0.494 e. The van der Waals surface area contributed by atoms with Crippen molar-refractivity contribution in [3.8, 4) is 11.4 Å². The first-order chi connectivity index (χ1) is 11.8. The maximum Gasteiger partial charge on any atom is 0.123 e. The Kier molecular flexibility index (Phi) is 5.91. The lowest BCUT2D eigenvalue weighted by Crippen LogP contribution is -1.97. The van der Waals surface area contributed by atoms with Crippen LogP contribution in [-0.4, -0.2) is 16.5 Å². The standard InChI is InChI=1S/C20H21BrFNO/c21-12-3-1-2-4-14-24-19-9-10-20-16(15-19)11-13-23(20)18-7-5-17(22)6-8-18/h5-11,13,15H,1-4,12,14H2. The van der Waals surface area contributed by atoms with Crippen molar-refractivity contribution in [2.45, 2.75) is 25.7 Å². The van der Waals surface area contributed by atoms with Crippen molar-refractivity contribution in [3.05, 3.63) is 60.5 Å². The van der Waals surface area contributed by atoms with Gasteiger partial charge in [-0.1, -0.05) is 28.8 Å². The zero-order chi connectivity index (χ0) is 16.8. The molecule has 24 heavy (non-hydrogen) atoms. The van der Waals surface area contributed by atoms with Gasteiger partial charge in [0.15, 0.2) is 0 Å². The maximum absolute atomic E-state index is 13.1. The summed E-state index contributed by atoms with van der Waals surface area (Å²) in [5.74, 6) is 0.682. The smallest absolute Gasteiger partial charge is 0.123 e. The quantitative estimate of drug-likeness (QED) is 0.335. The molecule has 2 aromatic carbocycles. The van der Waals surface area contributed by atoms with Gasteiger partial charge in [0.2, 0.25) is 0 Å². The molecule has 0 N–H and O–H groups in total. The molecule has 126 valence electrons. The summed E-state index contributed by atoms with van der Waals surface area (Å²) in [5.41, 5.74) is 2.04. The molecule has 0 radical (unpaired) electrons. The average Bonchev–Trinajstić information content (AvgIpc) is 3.02. The fourth-order valence-electron chi connectivity index (χ4n) is 2.78. The Balaban J connectivity index is 1.66. The number of halogens is 2. The van der Waals surface area contributed by atoms with Crippen molar-refractivity contribution in [1.82, 2.24) is 4.57 Å². The van der Waals surface area contributed by atoms with Gasteiger partial charge in [-0.2, -0.15) is 0 Å². The van der Waals surface area contributed by atoms with Gasteiger partial charge in [0.05, 0.1) is 12.1 Å². The number of fused-ring (bicyclic) bond motifs is 1. The van der Waals surface area contributed by atoms with Crippen LogP contribution in [0.5, 0.6) is 5.75 Å². The molecule has 0 aliphatic heterocycles. The monoisotopic (exact) mass is 389 g/mol. The van der Waals surface area contributed by atoms with E-state index < -0.39 is 0 Å². The van der Waals surface area contributed by atoms with Gasteiger partial charge in [0.25, 0.3) is 0 Å². The highest BCUT2D eigenvalue weighted by atomic mass is 79.9. The lowest BCUT2D eigenvalue weighted by atomic mass is 10.2. The first-order valence-corrected chi connectivity index (χ1v) is 9.46.